The molecule has 0 aromatic heterocycles. The van der Waals surface area contributed by atoms with Crippen molar-refractivity contribution >= 4 is 5.97 Å². The molecule has 5 heteroatoms. The van der Waals surface area contributed by atoms with E-state index in [-0.39, 0.29) is 24.1 Å². The minimum atomic E-state index is -0.320. The summed E-state index contributed by atoms with van der Waals surface area (Å²) >= 11 is 0. The Balaban J connectivity index is 2.13. The Morgan fingerprint density at radius 2 is 1.90 bits per heavy atom. The molecule has 0 bridgehead atoms. The highest BCUT2D eigenvalue weighted by Crippen LogP contribution is 2.16. The molecule has 0 saturated carbocycles. The Labute approximate surface area is 119 Å². The number of esters is 1. The highest BCUT2D eigenvalue weighted by molar-refractivity contribution is 5.76. The van der Waals surface area contributed by atoms with E-state index in [1.165, 1.54) is 7.11 Å². The van der Waals surface area contributed by atoms with Gasteiger partial charge in [0.15, 0.2) is 0 Å². The lowest BCUT2D eigenvalue weighted by molar-refractivity contribution is -0.147. The first-order chi connectivity index (χ1) is 9.60. The molecule has 1 aromatic rings. The number of hydrogen-bond acceptors (Lipinski definition) is 5. The average Bonchev–Trinajstić information content (AvgIpc) is 2.44. The largest absolute Gasteiger partial charge is 0.468 e. The summed E-state index contributed by atoms with van der Waals surface area (Å²) in [7, 11) is 1.42. The third kappa shape index (κ3) is 3.79. The number of carbonyl (C=O) groups excluding carboxylic acids is 1. The van der Waals surface area contributed by atoms with Crippen LogP contribution in [0.5, 0.6) is 0 Å². The molecule has 0 radical (unpaired) electrons. The maximum atomic E-state index is 12.1. The fourth-order valence-corrected chi connectivity index (χ4v) is 2.80. The molecule has 1 aliphatic heterocycles. The van der Waals surface area contributed by atoms with Gasteiger partial charge in [-0.1, -0.05) is 30.3 Å². The van der Waals surface area contributed by atoms with E-state index in [4.69, 9.17) is 16.2 Å². The van der Waals surface area contributed by atoms with Gasteiger partial charge in [0.05, 0.1) is 7.11 Å². The lowest BCUT2D eigenvalue weighted by atomic mass is 9.97. The number of nitrogens with zero attached hydrogens (tertiary/aromatic N) is 1. The van der Waals surface area contributed by atoms with Crippen LogP contribution in [0.25, 0.3) is 0 Å². The highest BCUT2D eigenvalue weighted by atomic mass is 16.5. The second kappa shape index (κ2) is 6.83. The van der Waals surface area contributed by atoms with Crippen molar-refractivity contribution in [3.63, 3.8) is 0 Å². The summed E-state index contributed by atoms with van der Waals surface area (Å²) in [6.07, 6.45) is 1.42. The first kappa shape index (κ1) is 15.0. The van der Waals surface area contributed by atoms with Crippen LogP contribution in [-0.2, 0) is 16.0 Å². The van der Waals surface area contributed by atoms with Gasteiger partial charge in [-0.3, -0.25) is 9.69 Å². The van der Waals surface area contributed by atoms with Crippen LogP contribution in [0.4, 0.5) is 0 Å². The summed E-state index contributed by atoms with van der Waals surface area (Å²) in [5.74, 6) is -0.227. The van der Waals surface area contributed by atoms with Crippen LogP contribution in [0.2, 0.25) is 0 Å². The van der Waals surface area contributed by atoms with Crippen molar-refractivity contribution < 1.29 is 9.53 Å². The zero-order valence-electron chi connectivity index (χ0n) is 11.9. The van der Waals surface area contributed by atoms with Gasteiger partial charge in [0.25, 0.3) is 0 Å². The van der Waals surface area contributed by atoms with Crippen molar-refractivity contribution in [2.45, 2.75) is 31.0 Å². The number of rotatable bonds is 4. The molecule has 5 nitrogen and oxygen atoms in total. The number of ether oxygens (including phenoxy) is 1. The van der Waals surface area contributed by atoms with Gasteiger partial charge in [-0.15, -0.1) is 0 Å². The summed E-state index contributed by atoms with van der Waals surface area (Å²) in [4.78, 5) is 14.1. The molecule has 1 aromatic carbocycles. The first-order valence-corrected chi connectivity index (χ1v) is 6.97. The molecule has 1 aliphatic rings. The SMILES string of the molecule is COC(=O)[C@H](Cc1ccccc1)N1C[C@H](N)C[C@H](N)C1. The molecule has 0 unspecified atom stereocenters. The summed E-state index contributed by atoms with van der Waals surface area (Å²) in [5.41, 5.74) is 13.1. The van der Waals surface area contributed by atoms with Gasteiger partial charge < -0.3 is 16.2 Å². The first-order valence-electron chi connectivity index (χ1n) is 6.97. The molecule has 4 N–H and O–H groups in total. The van der Waals surface area contributed by atoms with Crippen molar-refractivity contribution in [2.75, 3.05) is 20.2 Å². The second-order valence-electron chi connectivity index (χ2n) is 5.44. The minimum Gasteiger partial charge on any atom is -0.468 e. The van der Waals surface area contributed by atoms with Gasteiger partial charge >= 0.3 is 5.97 Å². The quantitative estimate of drug-likeness (QED) is 0.765. The Morgan fingerprint density at radius 1 is 1.30 bits per heavy atom. The van der Waals surface area contributed by atoms with Crippen LogP contribution in [0, 0.1) is 0 Å². The lowest BCUT2D eigenvalue weighted by Gasteiger charge is -2.38. The Kier molecular flexibility index (Phi) is 5.11. The number of benzene rings is 1. The van der Waals surface area contributed by atoms with E-state index in [0.29, 0.717) is 19.5 Å². The van der Waals surface area contributed by atoms with E-state index < -0.39 is 0 Å². The smallest absolute Gasteiger partial charge is 0.323 e. The predicted octanol–water partition coefficient (Wildman–Crippen LogP) is 0.131. The third-order valence-corrected chi connectivity index (χ3v) is 3.73. The normalized spacial score (nSPS) is 25.1. The third-order valence-electron chi connectivity index (χ3n) is 3.73. The maximum Gasteiger partial charge on any atom is 0.323 e. The molecule has 1 saturated heterocycles. The Hall–Kier alpha value is -1.43. The number of hydrogen-bond donors (Lipinski definition) is 2. The lowest BCUT2D eigenvalue weighted by Crippen LogP contribution is -2.57. The molecular weight excluding hydrogens is 254 g/mol. The molecule has 3 atom stereocenters. The van der Waals surface area contributed by atoms with Crippen molar-refractivity contribution in [2.24, 2.45) is 11.5 Å². The fraction of sp³-hybridized carbons (Fsp3) is 0.533. The molecule has 110 valence electrons. The topological polar surface area (TPSA) is 81.6 Å². The average molecular weight is 277 g/mol. The highest BCUT2D eigenvalue weighted by Gasteiger charge is 2.32. The van der Waals surface area contributed by atoms with Crippen LogP contribution in [0.3, 0.4) is 0 Å². The Morgan fingerprint density at radius 3 is 2.45 bits per heavy atom. The molecule has 1 fully saturated rings. The van der Waals surface area contributed by atoms with E-state index in [2.05, 4.69) is 4.90 Å². The fourth-order valence-electron chi connectivity index (χ4n) is 2.80. The molecule has 20 heavy (non-hydrogen) atoms. The summed E-state index contributed by atoms with van der Waals surface area (Å²) in [6.45, 7) is 1.36. The maximum absolute atomic E-state index is 12.1. The van der Waals surface area contributed by atoms with Crippen LogP contribution >= 0.6 is 0 Å². The number of methoxy groups -OCH3 is 1. The second-order valence-corrected chi connectivity index (χ2v) is 5.44. The van der Waals surface area contributed by atoms with Gasteiger partial charge in [-0.2, -0.15) is 0 Å². The number of likely N-dealkylation sites (tertiary alicyclic amines) is 1. The van der Waals surface area contributed by atoms with Crippen molar-refractivity contribution in [1.82, 2.24) is 4.90 Å². The van der Waals surface area contributed by atoms with Crippen molar-refractivity contribution in [3.05, 3.63) is 35.9 Å². The van der Waals surface area contributed by atoms with E-state index in [9.17, 15) is 4.79 Å². The van der Waals surface area contributed by atoms with E-state index in [1.54, 1.807) is 0 Å². The number of nitrogens with two attached hydrogens (primary N) is 2. The van der Waals surface area contributed by atoms with E-state index in [0.717, 1.165) is 12.0 Å². The van der Waals surface area contributed by atoms with Crippen molar-refractivity contribution in [3.8, 4) is 0 Å². The van der Waals surface area contributed by atoms with Crippen LogP contribution in [0.15, 0.2) is 30.3 Å². The molecule has 2 rings (SSSR count). The monoisotopic (exact) mass is 277 g/mol. The zero-order chi connectivity index (χ0) is 14.5. The molecular formula is C15H23N3O2. The number of piperidine rings is 1. The standard InChI is InChI=1S/C15H23N3O2/c1-20-15(19)14(7-11-5-3-2-4-6-11)18-9-12(16)8-13(17)10-18/h2-6,12-14H,7-10,16-17H2,1H3/t12-,13+,14-/m0/s1. The van der Waals surface area contributed by atoms with Crippen molar-refractivity contribution in [1.29, 1.82) is 0 Å². The zero-order valence-corrected chi connectivity index (χ0v) is 11.9. The molecule has 1 heterocycles. The van der Waals surface area contributed by atoms with Crippen LogP contribution in [-0.4, -0.2) is 49.2 Å². The van der Waals surface area contributed by atoms with Gasteiger partial charge in [0.1, 0.15) is 6.04 Å². The summed E-state index contributed by atoms with van der Waals surface area (Å²) in [6, 6.07) is 9.64. The van der Waals surface area contributed by atoms with Gasteiger partial charge in [-0.05, 0) is 18.4 Å². The van der Waals surface area contributed by atoms with Gasteiger partial charge in [0.2, 0.25) is 0 Å². The minimum absolute atomic E-state index is 0.0154. The summed E-state index contributed by atoms with van der Waals surface area (Å²) < 4.78 is 4.95. The van der Waals surface area contributed by atoms with Gasteiger partial charge in [-0.25, -0.2) is 0 Å². The Bertz CT molecular complexity index is 428. The van der Waals surface area contributed by atoms with Gasteiger partial charge in [0, 0.05) is 25.2 Å². The molecule has 0 amide bonds. The molecule has 0 spiro atoms. The van der Waals surface area contributed by atoms with E-state index >= 15 is 0 Å². The predicted molar refractivity (Wildman–Crippen MR) is 78.1 cm³/mol. The van der Waals surface area contributed by atoms with Crippen LogP contribution in [0.1, 0.15) is 12.0 Å². The summed E-state index contributed by atoms with van der Waals surface area (Å²) in [5, 5.41) is 0. The molecule has 0 aliphatic carbocycles. The number of carbonyl (C=O) groups is 1. The van der Waals surface area contributed by atoms with Crippen LogP contribution < -0.4 is 11.5 Å². The van der Waals surface area contributed by atoms with E-state index in [1.807, 2.05) is 30.3 Å².